The fourth-order valence-electron chi connectivity index (χ4n) is 3.56. The van der Waals surface area contributed by atoms with E-state index in [9.17, 15) is 0 Å². The summed E-state index contributed by atoms with van der Waals surface area (Å²) in [5, 5.41) is 1.07. The maximum atomic E-state index is 5.07. The maximum absolute atomic E-state index is 5.07. The van der Waals surface area contributed by atoms with E-state index in [-0.39, 0.29) is 0 Å². The Morgan fingerprint density at radius 1 is 0.654 bits per heavy atom. The molecule has 3 aromatic carbocycles. The van der Waals surface area contributed by atoms with Gasteiger partial charge in [-0.2, -0.15) is 0 Å². The second-order valence-electron chi connectivity index (χ2n) is 6.38. The molecule has 0 aliphatic carbocycles. The molecule has 0 aliphatic rings. The molecule has 0 unspecified atom stereocenters. The molecule has 5 aromatic rings. The quantitative estimate of drug-likeness (QED) is 0.425. The summed E-state index contributed by atoms with van der Waals surface area (Å²) in [6, 6.07) is 29.0. The molecule has 0 N–H and O–H groups in total. The smallest absolute Gasteiger partial charge is 0.148 e. The number of fused-ring (bicyclic) bond motifs is 3. The number of rotatable bonds is 2. The van der Waals surface area contributed by atoms with Crippen LogP contribution in [-0.4, -0.2) is 14.4 Å². The zero-order valence-electron chi connectivity index (χ0n) is 14.4. The molecule has 2 aromatic heterocycles. The first-order chi connectivity index (χ1) is 12.8. The number of imidazole rings is 1. The minimum Gasteiger partial charge on any atom is -0.279 e. The molecule has 0 fully saturated rings. The van der Waals surface area contributed by atoms with Gasteiger partial charge >= 0.3 is 0 Å². The molecule has 0 amide bonds. The predicted molar refractivity (Wildman–Crippen MR) is 106 cm³/mol. The SMILES string of the molecule is Cc1nc2ccccc2c2nc(-c3ccccc3)c(-c3ccccc3)n12. The molecule has 0 radical (unpaired) electrons. The molecule has 5 rings (SSSR count). The minimum atomic E-state index is 0.937. The Morgan fingerprint density at radius 3 is 2.00 bits per heavy atom. The Labute approximate surface area is 151 Å². The average Bonchev–Trinajstić information content (AvgIpc) is 3.11. The van der Waals surface area contributed by atoms with Crippen LogP contribution in [0, 0.1) is 6.92 Å². The van der Waals surface area contributed by atoms with Crippen LogP contribution in [0.3, 0.4) is 0 Å². The van der Waals surface area contributed by atoms with Gasteiger partial charge in [0.1, 0.15) is 11.5 Å². The average molecular weight is 335 g/mol. The van der Waals surface area contributed by atoms with Crippen LogP contribution >= 0.6 is 0 Å². The van der Waals surface area contributed by atoms with Crippen LogP contribution in [-0.2, 0) is 0 Å². The molecule has 0 saturated carbocycles. The van der Waals surface area contributed by atoms with Crippen LogP contribution in [0.1, 0.15) is 5.82 Å². The minimum absolute atomic E-state index is 0.937. The second-order valence-corrected chi connectivity index (χ2v) is 6.38. The van der Waals surface area contributed by atoms with Gasteiger partial charge in [0, 0.05) is 16.5 Å². The van der Waals surface area contributed by atoms with Crippen molar-refractivity contribution in [2.24, 2.45) is 0 Å². The molecule has 3 heteroatoms. The van der Waals surface area contributed by atoms with Crippen LogP contribution in [0.2, 0.25) is 0 Å². The number of nitrogens with zero attached hydrogens (tertiary/aromatic N) is 3. The highest BCUT2D eigenvalue weighted by molar-refractivity contribution is 5.95. The van der Waals surface area contributed by atoms with Crippen molar-refractivity contribution in [1.82, 2.24) is 14.4 Å². The van der Waals surface area contributed by atoms with E-state index in [0.717, 1.165) is 44.9 Å². The van der Waals surface area contributed by atoms with Crippen LogP contribution in [0.25, 0.3) is 39.1 Å². The zero-order chi connectivity index (χ0) is 17.5. The predicted octanol–water partition coefficient (Wildman–Crippen LogP) is 5.52. The van der Waals surface area contributed by atoms with E-state index in [1.54, 1.807) is 0 Å². The largest absolute Gasteiger partial charge is 0.279 e. The molecule has 3 nitrogen and oxygen atoms in total. The molecule has 26 heavy (non-hydrogen) atoms. The number of aryl methyl sites for hydroxylation is 1. The van der Waals surface area contributed by atoms with Crippen LogP contribution in [0.5, 0.6) is 0 Å². The van der Waals surface area contributed by atoms with Gasteiger partial charge in [-0.3, -0.25) is 4.40 Å². The highest BCUT2D eigenvalue weighted by atomic mass is 15.1. The first kappa shape index (κ1) is 14.8. The van der Waals surface area contributed by atoms with E-state index in [4.69, 9.17) is 9.97 Å². The number of hydrogen-bond donors (Lipinski definition) is 0. The van der Waals surface area contributed by atoms with Crippen LogP contribution in [0.15, 0.2) is 84.9 Å². The summed E-state index contributed by atoms with van der Waals surface area (Å²) in [5.74, 6) is 0.937. The monoisotopic (exact) mass is 335 g/mol. The molecular formula is C23H17N3. The van der Waals surface area contributed by atoms with Gasteiger partial charge in [0.25, 0.3) is 0 Å². The van der Waals surface area contributed by atoms with Crippen molar-refractivity contribution in [2.45, 2.75) is 6.92 Å². The maximum Gasteiger partial charge on any atom is 0.148 e. The molecule has 2 heterocycles. The van der Waals surface area contributed by atoms with E-state index in [1.807, 2.05) is 37.3 Å². The van der Waals surface area contributed by atoms with Gasteiger partial charge < -0.3 is 0 Å². The molecule has 0 bridgehead atoms. The van der Waals surface area contributed by atoms with Crippen LogP contribution < -0.4 is 0 Å². The van der Waals surface area contributed by atoms with Crippen molar-refractivity contribution in [3.05, 3.63) is 90.8 Å². The lowest BCUT2D eigenvalue weighted by Gasteiger charge is -2.09. The van der Waals surface area contributed by atoms with E-state index < -0.39 is 0 Å². The van der Waals surface area contributed by atoms with Crippen molar-refractivity contribution in [3.63, 3.8) is 0 Å². The van der Waals surface area contributed by atoms with Crippen molar-refractivity contribution < 1.29 is 0 Å². The summed E-state index contributed by atoms with van der Waals surface area (Å²) >= 11 is 0. The summed E-state index contributed by atoms with van der Waals surface area (Å²) in [6.07, 6.45) is 0. The van der Waals surface area contributed by atoms with E-state index in [0.29, 0.717) is 0 Å². The van der Waals surface area contributed by atoms with E-state index >= 15 is 0 Å². The summed E-state index contributed by atoms with van der Waals surface area (Å²) in [7, 11) is 0. The Balaban J connectivity index is 1.98. The third kappa shape index (κ3) is 2.21. The van der Waals surface area contributed by atoms with Gasteiger partial charge in [0.2, 0.25) is 0 Å². The lowest BCUT2D eigenvalue weighted by Crippen LogP contribution is -1.99. The van der Waals surface area contributed by atoms with E-state index in [2.05, 4.69) is 59.0 Å². The van der Waals surface area contributed by atoms with Gasteiger partial charge in [-0.25, -0.2) is 9.97 Å². The highest BCUT2D eigenvalue weighted by Crippen LogP contribution is 2.35. The number of hydrogen-bond acceptors (Lipinski definition) is 2. The fourth-order valence-corrected chi connectivity index (χ4v) is 3.56. The van der Waals surface area contributed by atoms with Gasteiger partial charge in [-0.1, -0.05) is 72.8 Å². The van der Waals surface area contributed by atoms with Crippen molar-refractivity contribution in [1.29, 1.82) is 0 Å². The third-order valence-electron chi connectivity index (χ3n) is 4.72. The molecule has 0 saturated heterocycles. The standard InChI is InChI=1S/C23H17N3/c1-16-24-20-15-9-8-14-19(20)23-25-21(17-10-4-2-5-11-17)22(26(16)23)18-12-6-3-7-13-18/h2-15H,1H3. The lowest BCUT2D eigenvalue weighted by molar-refractivity contribution is 1.02. The lowest BCUT2D eigenvalue weighted by atomic mass is 10.0. The first-order valence-electron chi connectivity index (χ1n) is 8.71. The Bertz CT molecular complexity index is 1220. The molecule has 0 atom stereocenters. The second kappa shape index (κ2) is 5.81. The zero-order valence-corrected chi connectivity index (χ0v) is 14.4. The third-order valence-corrected chi connectivity index (χ3v) is 4.72. The first-order valence-corrected chi connectivity index (χ1v) is 8.71. The van der Waals surface area contributed by atoms with Crippen molar-refractivity contribution in [2.75, 3.05) is 0 Å². The number of aromatic nitrogens is 3. The normalized spacial score (nSPS) is 11.3. The van der Waals surface area contributed by atoms with Gasteiger partial charge in [0.05, 0.1) is 16.9 Å². The highest BCUT2D eigenvalue weighted by Gasteiger charge is 2.19. The topological polar surface area (TPSA) is 30.2 Å². The molecule has 0 aliphatic heterocycles. The van der Waals surface area contributed by atoms with Gasteiger partial charge in [-0.15, -0.1) is 0 Å². The van der Waals surface area contributed by atoms with Crippen molar-refractivity contribution >= 4 is 16.6 Å². The van der Waals surface area contributed by atoms with Gasteiger partial charge in [0.15, 0.2) is 0 Å². The van der Waals surface area contributed by atoms with E-state index in [1.165, 1.54) is 0 Å². The van der Waals surface area contributed by atoms with Crippen LogP contribution in [0.4, 0.5) is 0 Å². The summed E-state index contributed by atoms with van der Waals surface area (Å²) in [4.78, 5) is 9.89. The summed E-state index contributed by atoms with van der Waals surface area (Å²) < 4.78 is 2.18. The Morgan fingerprint density at radius 2 is 1.27 bits per heavy atom. The summed E-state index contributed by atoms with van der Waals surface area (Å²) in [5.41, 5.74) is 6.24. The number of benzene rings is 3. The molecular weight excluding hydrogens is 318 g/mol. The Hall–Kier alpha value is -3.46. The van der Waals surface area contributed by atoms with Crippen molar-refractivity contribution in [3.8, 4) is 22.5 Å². The summed E-state index contributed by atoms with van der Waals surface area (Å²) in [6.45, 7) is 2.04. The number of para-hydroxylation sites is 1. The van der Waals surface area contributed by atoms with Gasteiger partial charge in [-0.05, 0) is 19.1 Å². The Kier molecular flexibility index (Phi) is 3.32. The molecule has 124 valence electrons. The fraction of sp³-hybridized carbons (Fsp3) is 0.0435. The molecule has 0 spiro atoms.